The van der Waals surface area contributed by atoms with E-state index in [2.05, 4.69) is 13.8 Å². The van der Waals surface area contributed by atoms with Crippen LogP contribution in [-0.2, 0) is 0 Å². The van der Waals surface area contributed by atoms with Crippen molar-refractivity contribution in [2.24, 2.45) is 46.6 Å². The largest absolute Gasteiger partial charge is 0.478 e. The maximum absolute atomic E-state index is 10.4. The van der Waals surface area contributed by atoms with Crippen molar-refractivity contribution in [1.82, 2.24) is 0 Å². The van der Waals surface area contributed by atoms with Crippen LogP contribution >= 0.6 is 0 Å². The minimum absolute atomic E-state index is 0.0186. The number of rotatable bonds is 11. The summed E-state index contributed by atoms with van der Waals surface area (Å²) in [6.45, 7) is 6.31. The summed E-state index contributed by atoms with van der Waals surface area (Å²) in [5, 5.41) is 33.9. The zero-order valence-corrected chi connectivity index (χ0v) is 29.0. The number of nitrogens with two attached hydrogens (primary N) is 4. The molecule has 2 aromatic carbocycles. The van der Waals surface area contributed by atoms with Crippen LogP contribution in [0.25, 0.3) is 0 Å². The van der Waals surface area contributed by atoms with Crippen molar-refractivity contribution in [2.45, 2.75) is 96.6 Å². The Balaban J connectivity index is 0.000000339. The zero-order chi connectivity index (χ0) is 36.9. The summed E-state index contributed by atoms with van der Waals surface area (Å²) in [5.74, 6) is -1.03. The number of hydrogen-bond acceptors (Lipinski definition) is 8. The highest BCUT2D eigenvalue weighted by molar-refractivity contribution is 5.93. The van der Waals surface area contributed by atoms with Crippen LogP contribution in [0.5, 0.6) is 0 Å². The first kappa shape index (κ1) is 43.2. The molecule has 6 unspecified atom stereocenters. The molecule has 0 aliphatic heterocycles. The topological polar surface area (TPSA) is 253 Å². The Labute approximate surface area is 290 Å². The van der Waals surface area contributed by atoms with Gasteiger partial charge in [-0.1, -0.05) is 32.8 Å². The molecule has 2 saturated carbocycles. The molecule has 0 heterocycles. The van der Waals surface area contributed by atoms with Crippen molar-refractivity contribution in [1.29, 1.82) is 0 Å². The summed E-state index contributed by atoms with van der Waals surface area (Å²) in [6, 6.07) is 11.1. The predicted molar refractivity (Wildman–Crippen MR) is 191 cm³/mol. The lowest BCUT2D eigenvalue weighted by Gasteiger charge is -2.37. The van der Waals surface area contributed by atoms with Crippen LogP contribution in [0.1, 0.15) is 126 Å². The van der Waals surface area contributed by atoms with E-state index in [1.165, 1.54) is 100 Å². The van der Waals surface area contributed by atoms with Gasteiger partial charge in [-0.2, -0.15) is 0 Å². The normalized spacial score (nSPS) is 22.8. The maximum Gasteiger partial charge on any atom is 0.335 e. The first-order valence-corrected chi connectivity index (χ1v) is 17.2. The van der Waals surface area contributed by atoms with E-state index in [0.717, 1.165) is 55.7 Å². The second kappa shape index (κ2) is 23.5. The number of benzene rings is 2. The fourth-order valence-electron chi connectivity index (χ4n) is 6.14. The summed E-state index contributed by atoms with van der Waals surface area (Å²) in [5.41, 5.74) is 22.9. The number of carboxylic acid groups (broad SMARTS) is 4. The van der Waals surface area contributed by atoms with Crippen molar-refractivity contribution in [2.75, 3.05) is 13.1 Å². The molecule has 49 heavy (non-hydrogen) atoms. The lowest BCUT2D eigenvalue weighted by molar-refractivity contribution is 0.0681. The number of hydrogen-bond donors (Lipinski definition) is 8. The SMILES string of the molecule is CC1CC(CC2CCC(N)C(C)C2)CCC1N.NCCCCCCN.O=C(O)c1ccc(C(=O)O)cc1.O=C(O)c1cccc(C(=O)O)c1. The van der Waals surface area contributed by atoms with Crippen LogP contribution in [-0.4, -0.2) is 69.5 Å². The third-order valence-electron chi connectivity index (χ3n) is 9.25. The molecule has 0 aromatic heterocycles. The molecule has 6 atom stereocenters. The molecule has 0 spiro atoms. The molecule has 12 N–H and O–H groups in total. The molecule has 12 nitrogen and oxygen atoms in total. The van der Waals surface area contributed by atoms with Gasteiger partial charge in [0.25, 0.3) is 0 Å². The lowest BCUT2D eigenvalue weighted by Crippen LogP contribution is -2.37. The molecule has 0 bridgehead atoms. The maximum atomic E-state index is 10.4. The van der Waals surface area contributed by atoms with Gasteiger partial charge in [0.2, 0.25) is 0 Å². The van der Waals surface area contributed by atoms with Gasteiger partial charge in [0, 0.05) is 12.1 Å². The van der Waals surface area contributed by atoms with E-state index in [9.17, 15) is 19.2 Å². The van der Waals surface area contributed by atoms with E-state index in [-0.39, 0.29) is 22.3 Å². The monoisotopic (exact) mass is 686 g/mol. The summed E-state index contributed by atoms with van der Waals surface area (Å²) in [4.78, 5) is 41.4. The number of carbonyl (C=O) groups is 4. The Bertz CT molecular complexity index is 1200. The second-order valence-corrected chi connectivity index (χ2v) is 13.2. The van der Waals surface area contributed by atoms with E-state index in [1.54, 1.807) is 0 Å². The highest BCUT2D eigenvalue weighted by Crippen LogP contribution is 2.38. The third-order valence-corrected chi connectivity index (χ3v) is 9.25. The molecule has 2 aromatic rings. The molecule has 2 aliphatic carbocycles. The van der Waals surface area contributed by atoms with Crippen LogP contribution < -0.4 is 22.9 Å². The third kappa shape index (κ3) is 17.4. The van der Waals surface area contributed by atoms with Crippen molar-refractivity contribution in [3.63, 3.8) is 0 Å². The molecule has 4 rings (SSSR count). The van der Waals surface area contributed by atoms with Gasteiger partial charge in [-0.25, -0.2) is 19.2 Å². The van der Waals surface area contributed by atoms with Crippen molar-refractivity contribution in [3.05, 3.63) is 70.8 Å². The average Bonchev–Trinajstić information content (AvgIpc) is 3.07. The van der Waals surface area contributed by atoms with Crippen molar-refractivity contribution >= 4 is 23.9 Å². The Morgan fingerprint density at radius 3 is 1.20 bits per heavy atom. The van der Waals surface area contributed by atoms with E-state index in [0.29, 0.717) is 12.1 Å². The standard InChI is InChI=1S/C15H30N2.2C8H6O4.C6H16N2/c1-10-7-12(3-5-14(10)16)9-13-4-6-15(17)11(2)8-13;9-7(10)5-1-2-6(4-3-5)8(11)12;9-7(10)5-2-1-3-6(4-5)8(11)12;7-5-3-1-2-4-6-8/h10-15H,3-9,16-17H2,1-2H3;2*1-4H,(H,9,10)(H,11,12);1-8H2. The van der Waals surface area contributed by atoms with Crippen LogP contribution in [0.15, 0.2) is 48.5 Å². The van der Waals surface area contributed by atoms with Crippen LogP contribution in [0.4, 0.5) is 0 Å². The number of carboxylic acids is 4. The van der Waals surface area contributed by atoms with E-state index in [1.807, 2.05) is 0 Å². The summed E-state index contributed by atoms with van der Waals surface area (Å²) < 4.78 is 0. The molecule has 0 radical (unpaired) electrons. The van der Waals surface area contributed by atoms with Gasteiger partial charge in [-0.15, -0.1) is 0 Å². The molecule has 0 amide bonds. The van der Waals surface area contributed by atoms with Gasteiger partial charge >= 0.3 is 23.9 Å². The minimum atomic E-state index is -1.13. The smallest absolute Gasteiger partial charge is 0.335 e. The van der Waals surface area contributed by atoms with Crippen LogP contribution in [0.3, 0.4) is 0 Å². The Hall–Kier alpha value is -3.84. The summed E-state index contributed by atoms with van der Waals surface area (Å²) >= 11 is 0. The summed E-state index contributed by atoms with van der Waals surface area (Å²) in [6.07, 6.45) is 14.2. The van der Waals surface area contributed by atoms with E-state index in [4.69, 9.17) is 43.4 Å². The predicted octanol–water partition coefficient (Wildman–Crippen LogP) is 5.53. The van der Waals surface area contributed by atoms with Gasteiger partial charge in [-0.3, -0.25) is 0 Å². The van der Waals surface area contributed by atoms with Gasteiger partial charge in [0.05, 0.1) is 22.3 Å². The zero-order valence-electron chi connectivity index (χ0n) is 29.0. The van der Waals surface area contributed by atoms with E-state index >= 15 is 0 Å². The highest BCUT2D eigenvalue weighted by Gasteiger charge is 2.30. The minimum Gasteiger partial charge on any atom is -0.478 e. The quantitative estimate of drug-likeness (QED) is 0.136. The fourth-order valence-corrected chi connectivity index (χ4v) is 6.14. The molecular weight excluding hydrogens is 628 g/mol. The first-order chi connectivity index (χ1) is 23.2. The van der Waals surface area contributed by atoms with Gasteiger partial charge < -0.3 is 43.4 Å². The van der Waals surface area contributed by atoms with Crippen molar-refractivity contribution in [3.8, 4) is 0 Å². The lowest BCUT2D eigenvalue weighted by atomic mass is 9.71. The molecule has 12 heteroatoms. The highest BCUT2D eigenvalue weighted by atomic mass is 16.4. The van der Waals surface area contributed by atoms with Gasteiger partial charge in [0.1, 0.15) is 0 Å². The Morgan fingerprint density at radius 1 is 0.571 bits per heavy atom. The second-order valence-electron chi connectivity index (χ2n) is 13.2. The van der Waals surface area contributed by atoms with E-state index < -0.39 is 23.9 Å². The Morgan fingerprint density at radius 2 is 0.918 bits per heavy atom. The van der Waals surface area contributed by atoms with Gasteiger partial charge in [-0.05, 0) is 137 Å². The molecular formula is C37H58N4O8. The van der Waals surface area contributed by atoms with Crippen molar-refractivity contribution < 1.29 is 39.6 Å². The summed E-state index contributed by atoms with van der Waals surface area (Å²) in [7, 11) is 0. The molecule has 274 valence electrons. The fraction of sp³-hybridized carbons (Fsp3) is 0.568. The first-order valence-electron chi connectivity index (χ1n) is 17.2. The number of aromatic carboxylic acids is 4. The van der Waals surface area contributed by atoms with Gasteiger partial charge in [0.15, 0.2) is 0 Å². The number of unbranched alkanes of at least 4 members (excludes halogenated alkanes) is 3. The van der Waals surface area contributed by atoms with Crippen LogP contribution in [0.2, 0.25) is 0 Å². The molecule has 2 fully saturated rings. The Kier molecular flexibility index (Phi) is 20.7. The van der Waals surface area contributed by atoms with Crippen LogP contribution in [0, 0.1) is 23.7 Å². The molecule has 2 aliphatic rings. The molecule has 0 saturated heterocycles. The average molecular weight is 687 g/mol.